The Hall–Kier alpha value is -2.43. The Morgan fingerprint density at radius 3 is 2.65 bits per heavy atom. The summed E-state index contributed by atoms with van der Waals surface area (Å²) in [5.41, 5.74) is 3.89. The highest BCUT2D eigenvalue weighted by atomic mass is 16.4. The van der Waals surface area contributed by atoms with Gasteiger partial charge >= 0.3 is 5.97 Å². The van der Waals surface area contributed by atoms with E-state index < -0.39 is 5.97 Å². The maximum atomic E-state index is 13.4. The van der Waals surface area contributed by atoms with Crippen LogP contribution in [-0.2, 0) is 17.6 Å². The first kappa shape index (κ1) is 15.8. The van der Waals surface area contributed by atoms with Crippen LogP contribution in [0.25, 0.3) is 10.9 Å². The maximum Gasteiger partial charge on any atom is 0.307 e. The van der Waals surface area contributed by atoms with Crippen molar-refractivity contribution in [3.8, 4) is 0 Å². The van der Waals surface area contributed by atoms with Gasteiger partial charge in [0.25, 0.3) is 5.91 Å². The molecule has 2 aromatic rings. The van der Waals surface area contributed by atoms with E-state index in [4.69, 9.17) is 4.98 Å². The van der Waals surface area contributed by atoms with Gasteiger partial charge in [0.2, 0.25) is 0 Å². The highest BCUT2D eigenvalue weighted by Crippen LogP contribution is 2.59. The molecule has 1 N–H and O–H groups in total. The monoisotopic (exact) mass is 350 g/mol. The molecular formula is C21H22N2O3. The van der Waals surface area contributed by atoms with Crippen molar-refractivity contribution in [1.82, 2.24) is 9.88 Å². The van der Waals surface area contributed by atoms with Crippen LogP contribution in [0.4, 0.5) is 0 Å². The Bertz CT molecular complexity index is 928. The van der Waals surface area contributed by atoms with Crippen LogP contribution >= 0.6 is 0 Å². The second-order valence-corrected chi connectivity index (χ2v) is 8.03. The largest absolute Gasteiger partial charge is 0.481 e. The zero-order chi connectivity index (χ0) is 17.9. The lowest BCUT2D eigenvalue weighted by atomic mass is 9.90. The fraction of sp³-hybridized carbons (Fsp3) is 0.476. The molecule has 0 bridgehead atoms. The van der Waals surface area contributed by atoms with Crippen molar-refractivity contribution in [3.63, 3.8) is 0 Å². The fourth-order valence-corrected chi connectivity index (χ4v) is 5.02. The van der Waals surface area contributed by atoms with Gasteiger partial charge in [-0.05, 0) is 55.6 Å². The number of carbonyl (C=O) groups is 2. The molecule has 2 fully saturated rings. The number of amides is 1. The quantitative estimate of drug-likeness (QED) is 0.904. The van der Waals surface area contributed by atoms with Crippen LogP contribution in [0.3, 0.4) is 0 Å². The first-order valence-corrected chi connectivity index (χ1v) is 9.52. The van der Waals surface area contributed by atoms with Crippen molar-refractivity contribution in [2.75, 3.05) is 13.1 Å². The van der Waals surface area contributed by atoms with Crippen LogP contribution < -0.4 is 0 Å². The molecule has 1 aliphatic heterocycles. The third-order valence-corrected chi connectivity index (χ3v) is 6.67. The average molecular weight is 350 g/mol. The number of para-hydroxylation sites is 1. The number of aliphatic carboxylic acids is 1. The molecule has 1 atom stereocenters. The number of carboxylic acids is 1. The van der Waals surface area contributed by atoms with Gasteiger partial charge in [-0.1, -0.05) is 18.2 Å². The van der Waals surface area contributed by atoms with Gasteiger partial charge in [-0.15, -0.1) is 0 Å². The highest BCUT2D eigenvalue weighted by Gasteiger charge is 2.59. The molecule has 1 aromatic heterocycles. The van der Waals surface area contributed by atoms with E-state index in [0.717, 1.165) is 66.2 Å². The summed E-state index contributed by atoms with van der Waals surface area (Å²) in [4.78, 5) is 31.4. The SMILES string of the molecule is O=C(O)C1CC12CCN(C(=O)c1c3c(nc4ccccc14)CCC3)CC2. The second kappa shape index (κ2) is 5.53. The number of aromatic nitrogens is 1. The number of hydrogen-bond acceptors (Lipinski definition) is 3. The molecule has 26 heavy (non-hydrogen) atoms. The van der Waals surface area contributed by atoms with Crippen molar-refractivity contribution in [2.45, 2.75) is 38.5 Å². The van der Waals surface area contributed by atoms with Crippen molar-refractivity contribution < 1.29 is 14.7 Å². The molecule has 1 spiro atoms. The molecule has 5 heteroatoms. The Balaban J connectivity index is 1.46. The molecule has 2 heterocycles. The van der Waals surface area contributed by atoms with Gasteiger partial charge in [-0.25, -0.2) is 0 Å². The van der Waals surface area contributed by atoms with Gasteiger partial charge in [0.05, 0.1) is 17.0 Å². The number of nitrogens with zero attached hydrogens (tertiary/aromatic N) is 2. The van der Waals surface area contributed by atoms with Gasteiger partial charge in [-0.3, -0.25) is 14.6 Å². The van der Waals surface area contributed by atoms with Gasteiger partial charge < -0.3 is 10.0 Å². The molecule has 5 nitrogen and oxygen atoms in total. The van der Waals surface area contributed by atoms with Crippen LogP contribution in [-0.4, -0.2) is 40.0 Å². The molecule has 5 rings (SSSR count). The lowest BCUT2D eigenvalue weighted by Crippen LogP contribution is -2.40. The van der Waals surface area contributed by atoms with E-state index in [0.29, 0.717) is 13.1 Å². The third kappa shape index (κ3) is 2.26. The third-order valence-electron chi connectivity index (χ3n) is 6.67. The summed E-state index contributed by atoms with van der Waals surface area (Å²) in [6.07, 6.45) is 5.32. The number of rotatable bonds is 2. The molecule has 1 unspecified atom stereocenters. The Morgan fingerprint density at radius 2 is 1.92 bits per heavy atom. The van der Waals surface area contributed by atoms with E-state index in [1.54, 1.807) is 0 Å². The summed E-state index contributed by atoms with van der Waals surface area (Å²) < 4.78 is 0. The Labute approximate surface area is 152 Å². The lowest BCUT2D eigenvalue weighted by molar-refractivity contribution is -0.139. The van der Waals surface area contributed by atoms with E-state index in [1.807, 2.05) is 29.2 Å². The summed E-state index contributed by atoms with van der Waals surface area (Å²) in [5.74, 6) is -0.780. The van der Waals surface area contributed by atoms with E-state index >= 15 is 0 Å². The number of carboxylic acid groups (broad SMARTS) is 1. The van der Waals surface area contributed by atoms with Crippen molar-refractivity contribution in [1.29, 1.82) is 0 Å². The Kier molecular flexibility index (Phi) is 3.36. The standard InChI is InChI=1S/C21H22N2O3/c24-19(23-10-8-21(9-11-23)12-15(21)20(25)26)18-13-4-1-2-6-16(13)22-17-7-3-5-14(17)18/h1-2,4,6,15H,3,5,7-12H2,(H,25,26). The molecule has 1 saturated heterocycles. The maximum absolute atomic E-state index is 13.4. The van der Waals surface area contributed by atoms with Crippen LogP contribution in [0.15, 0.2) is 24.3 Å². The van der Waals surface area contributed by atoms with Crippen molar-refractivity contribution >= 4 is 22.8 Å². The number of aryl methyl sites for hydroxylation is 1. The summed E-state index contributed by atoms with van der Waals surface area (Å²) >= 11 is 0. The number of piperidine rings is 1. The zero-order valence-electron chi connectivity index (χ0n) is 14.7. The lowest BCUT2D eigenvalue weighted by Gasteiger charge is -2.33. The summed E-state index contributed by atoms with van der Waals surface area (Å²) in [6.45, 7) is 1.32. The normalized spacial score (nSPS) is 23.2. The molecule has 1 saturated carbocycles. The van der Waals surface area contributed by atoms with Gasteiger partial charge in [0, 0.05) is 24.2 Å². The van der Waals surface area contributed by atoms with Crippen molar-refractivity contribution in [2.24, 2.45) is 11.3 Å². The van der Waals surface area contributed by atoms with Crippen LogP contribution in [0.2, 0.25) is 0 Å². The summed E-state index contributed by atoms with van der Waals surface area (Å²) in [6, 6.07) is 7.92. The molecule has 1 amide bonds. The first-order valence-electron chi connectivity index (χ1n) is 9.52. The molecule has 134 valence electrons. The summed E-state index contributed by atoms with van der Waals surface area (Å²) in [5, 5.41) is 10.2. The molecule has 3 aliphatic rings. The topological polar surface area (TPSA) is 70.5 Å². The van der Waals surface area contributed by atoms with E-state index in [2.05, 4.69) is 0 Å². The minimum atomic E-state index is -0.678. The fourth-order valence-electron chi connectivity index (χ4n) is 5.02. The van der Waals surface area contributed by atoms with E-state index in [1.165, 1.54) is 0 Å². The number of hydrogen-bond donors (Lipinski definition) is 1. The smallest absolute Gasteiger partial charge is 0.307 e. The van der Waals surface area contributed by atoms with Crippen LogP contribution in [0.5, 0.6) is 0 Å². The second-order valence-electron chi connectivity index (χ2n) is 8.03. The van der Waals surface area contributed by atoms with Gasteiger partial charge in [0.1, 0.15) is 0 Å². The minimum Gasteiger partial charge on any atom is -0.481 e. The number of benzene rings is 1. The number of pyridine rings is 1. The minimum absolute atomic E-state index is 0.0507. The highest BCUT2D eigenvalue weighted by molar-refractivity contribution is 6.07. The summed E-state index contributed by atoms with van der Waals surface area (Å²) in [7, 11) is 0. The van der Waals surface area contributed by atoms with Gasteiger partial charge in [-0.2, -0.15) is 0 Å². The van der Waals surface area contributed by atoms with Crippen molar-refractivity contribution in [3.05, 3.63) is 41.1 Å². The number of likely N-dealkylation sites (tertiary alicyclic amines) is 1. The molecule has 0 radical (unpaired) electrons. The average Bonchev–Trinajstić information content (AvgIpc) is 3.15. The predicted octanol–water partition coefficient (Wildman–Crippen LogP) is 3.05. The zero-order valence-corrected chi connectivity index (χ0v) is 14.7. The van der Waals surface area contributed by atoms with Crippen LogP contribution in [0.1, 0.15) is 47.3 Å². The van der Waals surface area contributed by atoms with E-state index in [9.17, 15) is 14.7 Å². The van der Waals surface area contributed by atoms with E-state index in [-0.39, 0.29) is 17.2 Å². The number of carbonyl (C=O) groups excluding carboxylic acids is 1. The van der Waals surface area contributed by atoms with Gasteiger partial charge in [0.15, 0.2) is 0 Å². The molecule has 1 aromatic carbocycles. The molecule has 2 aliphatic carbocycles. The number of fused-ring (bicyclic) bond motifs is 2. The first-order chi connectivity index (χ1) is 12.6. The van der Waals surface area contributed by atoms with Crippen LogP contribution in [0, 0.1) is 11.3 Å². The Morgan fingerprint density at radius 1 is 1.15 bits per heavy atom. The predicted molar refractivity (Wildman–Crippen MR) is 97.1 cm³/mol. The molecular weight excluding hydrogens is 328 g/mol.